The molecule has 0 aliphatic rings. The van der Waals surface area contributed by atoms with Crippen LogP contribution in [0.2, 0.25) is 0 Å². The third kappa shape index (κ3) is 3.41. The number of anilines is 1. The largest absolute Gasteiger partial charge is 0.496 e. The number of benzene rings is 2. The molecule has 7 nitrogen and oxygen atoms in total. The van der Waals surface area contributed by atoms with Crippen molar-refractivity contribution in [3.63, 3.8) is 0 Å². The van der Waals surface area contributed by atoms with Gasteiger partial charge in [0, 0.05) is 10.9 Å². The predicted octanol–water partition coefficient (Wildman–Crippen LogP) is 3.54. The summed E-state index contributed by atoms with van der Waals surface area (Å²) in [5.41, 5.74) is 1.97. The maximum absolute atomic E-state index is 12.5. The minimum absolute atomic E-state index is 0.332. The molecule has 0 aliphatic heterocycles. The normalized spacial score (nSPS) is 12.1. The van der Waals surface area contributed by atoms with Gasteiger partial charge in [-0.15, -0.1) is 0 Å². The van der Waals surface area contributed by atoms with E-state index in [0.717, 1.165) is 21.1 Å². The standard InChI is InChI=1S/C20H18N4O3S/c1-11(18(25)24-20-23-14-6-3-4-9-17(14)28-20)21-19(26)15-10-12-13(22-15)7-5-8-16(12)27-2/h3-11,22H,1-2H3,(H,21,26)(H,23,24,25). The van der Waals surface area contributed by atoms with Crippen molar-refractivity contribution in [2.75, 3.05) is 12.4 Å². The Morgan fingerprint density at radius 2 is 2.00 bits per heavy atom. The van der Waals surface area contributed by atoms with Crippen molar-refractivity contribution in [2.24, 2.45) is 0 Å². The predicted molar refractivity (Wildman–Crippen MR) is 110 cm³/mol. The number of nitrogens with one attached hydrogen (secondary N) is 3. The highest BCUT2D eigenvalue weighted by atomic mass is 32.1. The maximum Gasteiger partial charge on any atom is 0.268 e. The van der Waals surface area contributed by atoms with Gasteiger partial charge in [-0.05, 0) is 37.3 Å². The number of hydrogen-bond acceptors (Lipinski definition) is 5. The second kappa shape index (κ2) is 7.32. The molecule has 4 aromatic rings. The topological polar surface area (TPSA) is 96.1 Å². The van der Waals surface area contributed by atoms with Crippen LogP contribution in [0, 0.1) is 0 Å². The van der Waals surface area contributed by atoms with Gasteiger partial charge >= 0.3 is 0 Å². The Labute approximate surface area is 164 Å². The quantitative estimate of drug-likeness (QED) is 0.482. The Balaban J connectivity index is 1.45. The van der Waals surface area contributed by atoms with Crippen LogP contribution in [0.25, 0.3) is 21.1 Å². The molecule has 0 bridgehead atoms. The van der Waals surface area contributed by atoms with Crippen molar-refractivity contribution in [1.29, 1.82) is 0 Å². The average molecular weight is 394 g/mol. The molecule has 3 N–H and O–H groups in total. The van der Waals surface area contributed by atoms with Crippen molar-refractivity contribution in [3.05, 3.63) is 54.2 Å². The summed E-state index contributed by atoms with van der Waals surface area (Å²) in [5, 5.41) is 6.77. The summed E-state index contributed by atoms with van der Waals surface area (Å²) in [7, 11) is 1.58. The second-order valence-corrected chi connectivity index (χ2v) is 7.31. The molecule has 1 atom stereocenters. The van der Waals surface area contributed by atoms with E-state index in [4.69, 9.17) is 4.74 Å². The molecular weight excluding hydrogens is 376 g/mol. The van der Waals surface area contributed by atoms with E-state index in [9.17, 15) is 9.59 Å². The first-order valence-corrected chi connectivity index (χ1v) is 9.50. The van der Waals surface area contributed by atoms with Crippen molar-refractivity contribution >= 4 is 49.4 Å². The van der Waals surface area contributed by atoms with Crippen LogP contribution in [0.15, 0.2) is 48.5 Å². The first-order valence-electron chi connectivity index (χ1n) is 8.68. The van der Waals surface area contributed by atoms with E-state index < -0.39 is 6.04 Å². The molecule has 2 aromatic heterocycles. The third-order valence-electron chi connectivity index (χ3n) is 4.35. The minimum Gasteiger partial charge on any atom is -0.496 e. The molecular formula is C20H18N4O3S. The van der Waals surface area contributed by atoms with Crippen LogP contribution in [0.5, 0.6) is 5.75 Å². The molecule has 0 saturated carbocycles. The van der Waals surface area contributed by atoms with Crippen LogP contribution >= 0.6 is 11.3 Å². The SMILES string of the molecule is COc1cccc2[nH]c(C(=O)NC(C)C(=O)Nc3nc4ccccc4s3)cc12. The van der Waals surface area contributed by atoms with Gasteiger partial charge in [-0.25, -0.2) is 4.98 Å². The number of thiazole rings is 1. The lowest BCUT2D eigenvalue weighted by Crippen LogP contribution is -2.41. The molecule has 4 rings (SSSR count). The molecule has 1 unspecified atom stereocenters. The van der Waals surface area contributed by atoms with E-state index in [1.807, 2.05) is 42.5 Å². The van der Waals surface area contributed by atoms with E-state index in [0.29, 0.717) is 16.6 Å². The Morgan fingerprint density at radius 1 is 1.18 bits per heavy atom. The first-order chi connectivity index (χ1) is 13.5. The maximum atomic E-state index is 12.5. The lowest BCUT2D eigenvalue weighted by Gasteiger charge is -2.12. The van der Waals surface area contributed by atoms with Gasteiger partial charge in [0.25, 0.3) is 5.91 Å². The van der Waals surface area contributed by atoms with Gasteiger partial charge in [0.2, 0.25) is 5.91 Å². The van der Waals surface area contributed by atoms with Gasteiger partial charge in [0.15, 0.2) is 5.13 Å². The fourth-order valence-electron chi connectivity index (χ4n) is 2.91. The van der Waals surface area contributed by atoms with E-state index in [1.54, 1.807) is 20.1 Å². The minimum atomic E-state index is -0.729. The molecule has 0 fully saturated rings. The summed E-state index contributed by atoms with van der Waals surface area (Å²) in [4.78, 5) is 32.4. The number of ether oxygens (including phenoxy) is 1. The smallest absolute Gasteiger partial charge is 0.268 e. The Kier molecular flexibility index (Phi) is 4.70. The summed E-state index contributed by atoms with van der Waals surface area (Å²) in [5.74, 6) is -0.0271. The zero-order valence-corrected chi connectivity index (χ0v) is 16.1. The Morgan fingerprint density at radius 3 is 2.79 bits per heavy atom. The van der Waals surface area contributed by atoms with Gasteiger partial charge in [0.1, 0.15) is 17.5 Å². The molecule has 28 heavy (non-hydrogen) atoms. The molecule has 8 heteroatoms. The number of carbonyl (C=O) groups excluding carboxylic acids is 2. The molecule has 0 radical (unpaired) electrons. The number of methoxy groups -OCH3 is 1. The van der Waals surface area contributed by atoms with E-state index in [2.05, 4.69) is 20.6 Å². The van der Waals surface area contributed by atoms with Crippen molar-refractivity contribution in [1.82, 2.24) is 15.3 Å². The number of hydrogen-bond donors (Lipinski definition) is 3. The molecule has 2 amide bonds. The fourth-order valence-corrected chi connectivity index (χ4v) is 3.78. The van der Waals surface area contributed by atoms with Crippen molar-refractivity contribution in [2.45, 2.75) is 13.0 Å². The number of carbonyl (C=O) groups is 2. The first kappa shape index (κ1) is 18.0. The summed E-state index contributed by atoms with van der Waals surface area (Å²) >= 11 is 1.39. The lowest BCUT2D eigenvalue weighted by atomic mass is 10.2. The van der Waals surface area contributed by atoms with Crippen molar-refractivity contribution < 1.29 is 14.3 Å². The summed E-state index contributed by atoms with van der Waals surface area (Å²) < 4.78 is 6.30. The van der Waals surface area contributed by atoms with Crippen molar-refractivity contribution in [3.8, 4) is 5.75 Å². The molecule has 0 saturated heterocycles. The summed E-state index contributed by atoms with van der Waals surface area (Å²) in [6.07, 6.45) is 0. The van der Waals surface area contributed by atoms with Gasteiger partial charge in [-0.1, -0.05) is 29.5 Å². The zero-order chi connectivity index (χ0) is 19.7. The number of rotatable bonds is 5. The summed E-state index contributed by atoms with van der Waals surface area (Å²) in [6, 6.07) is 14.2. The molecule has 0 aliphatic carbocycles. The average Bonchev–Trinajstić information content (AvgIpc) is 3.30. The van der Waals surface area contributed by atoms with Crippen LogP contribution in [0.4, 0.5) is 5.13 Å². The van der Waals surface area contributed by atoms with Gasteiger partial charge in [-0.3, -0.25) is 9.59 Å². The number of para-hydroxylation sites is 1. The van der Waals surface area contributed by atoms with Gasteiger partial charge in [-0.2, -0.15) is 0 Å². The van der Waals surface area contributed by atoms with Crippen LogP contribution in [-0.4, -0.2) is 34.9 Å². The zero-order valence-electron chi connectivity index (χ0n) is 15.3. The number of amides is 2. The molecule has 2 aromatic carbocycles. The Hall–Kier alpha value is -3.39. The van der Waals surface area contributed by atoms with Gasteiger partial charge in [0.05, 0.1) is 17.3 Å². The summed E-state index contributed by atoms with van der Waals surface area (Å²) in [6.45, 7) is 1.63. The van der Waals surface area contributed by atoms with Gasteiger partial charge < -0.3 is 20.4 Å². The highest BCUT2D eigenvalue weighted by Crippen LogP contribution is 2.26. The monoisotopic (exact) mass is 394 g/mol. The number of H-pyrrole nitrogens is 1. The number of nitrogens with zero attached hydrogens (tertiary/aromatic N) is 1. The van der Waals surface area contributed by atoms with E-state index in [1.165, 1.54) is 11.3 Å². The molecule has 0 spiro atoms. The van der Waals surface area contributed by atoms with E-state index in [-0.39, 0.29) is 11.8 Å². The fraction of sp³-hybridized carbons (Fsp3) is 0.150. The molecule has 142 valence electrons. The second-order valence-electron chi connectivity index (χ2n) is 6.28. The molecule has 2 heterocycles. The number of aromatic amines is 1. The number of fused-ring (bicyclic) bond motifs is 2. The highest BCUT2D eigenvalue weighted by Gasteiger charge is 2.19. The highest BCUT2D eigenvalue weighted by molar-refractivity contribution is 7.22. The third-order valence-corrected chi connectivity index (χ3v) is 5.31. The van der Waals surface area contributed by atoms with E-state index >= 15 is 0 Å². The Bertz CT molecular complexity index is 1150. The lowest BCUT2D eigenvalue weighted by molar-refractivity contribution is -0.117. The van der Waals surface area contributed by atoms with Crippen LogP contribution in [0.1, 0.15) is 17.4 Å². The van der Waals surface area contributed by atoms with Crippen LogP contribution in [0.3, 0.4) is 0 Å². The number of aromatic nitrogens is 2. The van der Waals surface area contributed by atoms with Crippen LogP contribution in [-0.2, 0) is 4.79 Å². The van der Waals surface area contributed by atoms with Crippen LogP contribution < -0.4 is 15.4 Å².